The molecular weight excluding hydrogens is 417 g/mol. The third kappa shape index (κ3) is 3.47. The normalized spacial score (nSPS) is 18.1. The van der Waals surface area contributed by atoms with Crippen LogP contribution >= 0.6 is 0 Å². The van der Waals surface area contributed by atoms with Gasteiger partial charge in [-0.3, -0.25) is 0 Å². The molecule has 1 atom stereocenters. The molecule has 33 heavy (non-hydrogen) atoms. The number of rotatable bonds is 4. The number of imidazole rings is 1. The number of benzene rings is 2. The van der Waals surface area contributed by atoms with Gasteiger partial charge in [0.2, 0.25) is 5.95 Å². The van der Waals surface area contributed by atoms with Crippen LogP contribution < -0.4 is 4.90 Å². The lowest BCUT2D eigenvalue weighted by Gasteiger charge is -2.26. The minimum atomic E-state index is -0.299. The topological polar surface area (TPSA) is 56.1 Å². The highest BCUT2D eigenvalue weighted by molar-refractivity contribution is 5.83. The Balaban J connectivity index is 1.41. The summed E-state index contributed by atoms with van der Waals surface area (Å²) in [7, 11) is 0. The number of aromatic nitrogens is 4. The highest BCUT2D eigenvalue weighted by atomic mass is 19.1. The van der Waals surface area contributed by atoms with Crippen LogP contribution in [-0.4, -0.2) is 45.8 Å². The SMILES string of the molecule is CCc1ccccc1C1CCc2nc3cc(F)c(-c4cnc(N5CCOCC5)nc4)cc3n21. The molecule has 0 spiro atoms. The third-order valence-corrected chi connectivity index (χ3v) is 6.84. The number of fused-ring (bicyclic) bond motifs is 3. The van der Waals surface area contributed by atoms with Gasteiger partial charge in [-0.15, -0.1) is 0 Å². The fourth-order valence-corrected chi connectivity index (χ4v) is 5.17. The highest BCUT2D eigenvalue weighted by Crippen LogP contribution is 2.38. The van der Waals surface area contributed by atoms with E-state index in [-0.39, 0.29) is 11.9 Å². The standard InChI is InChI=1S/C26H26FN5O/c1-2-17-5-3-4-6-19(17)23-7-8-25-30-22-14-21(27)20(13-24(22)32(23)25)18-15-28-26(29-16-18)31-9-11-33-12-10-31/h3-6,13-16,23H,2,7-12H2,1H3. The Morgan fingerprint density at radius 1 is 1.09 bits per heavy atom. The smallest absolute Gasteiger partial charge is 0.225 e. The van der Waals surface area contributed by atoms with Gasteiger partial charge in [-0.25, -0.2) is 19.3 Å². The number of nitrogens with zero attached hydrogens (tertiary/aromatic N) is 5. The van der Waals surface area contributed by atoms with Crippen molar-refractivity contribution in [1.82, 2.24) is 19.5 Å². The molecule has 1 unspecified atom stereocenters. The number of aryl methyl sites for hydroxylation is 2. The lowest BCUT2D eigenvalue weighted by atomic mass is 9.97. The monoisotopic (exact) mass is 443 g/mol. The van der Waals surface area contributed by atoms with Crippen molar-refractivity contribution in [2.45, 2.75) is 32.2 Å². The van der Waals surface area contributed by atoms with Crippen molar-refractivity contribution in [1.29, 1.82) is 0 Å². The molecule has 2 aromatic heterocycles. The van der Waals surface area contributed by atoms with E-state index in [1.807, 2.05) is 6.07 Å². The van der Waals surface area contributed by atoms with Gasteiger partial charge in [0.25, 0.3) is 0 Å². The van der Waals surface area contributed by atoms with Gasteiger partial charge in [-0.2, -0.15) is 0 Å². The Hall–Kier alpha value is -3.32. The lowest BCUT2D eigenvalue weighted by Crippen LogP contribution is -2.37. The summed E-state index contributed by atoms with van der Waals surface area (Å²) < 4.78 is 22.8. The maximum absolute atomic E-state index is 15.1. The molecule has 0 saturated carbocycles. The number of hydrogen-bond donors (Lipinski definition) is 0. The second kappa shape index (κ2) is 8.23. The summed E-state index contributed by atoms with van der Waals surface area (Å²) in [5, 5.41) is 0. The molecule has 1 saturated heterocycles. The molecule has 4 aromatic rings. The van der Waals surface area contributed by atoms with E-state index in [4.69, 9.17) is 9.72 Å². The molecule has 1 fully saturated rings. The van der Waals surface area contributed by atoms with E-state index in [9.17, 15) is 0 Å². The Morgan fingerprint density at radius 3 is 2.67 bits per heavy atom. The molecule has 6 rings (SSSR count). The summed E-state index contributed by atoms with van der Waals surface area (Å²) in [5.41, 5.74) is 5.54. The van der Waals surface area contributed by atoms with Crippen LogP contribution in [0, 0.1) is 5.82 Å². The summed E-state index contributed by atoms with van der Waals surface area (Å²) in [4.78, 5) is 15.9. The average Bonchev–Trinajstić information content (AvgIpc) is 3.43. The Kier molecular flexibility index (Phi) is 5.06. The Bertz CT molecular complexity index is 1310. The van der Waals surface area contributed by atoms with Crippen LogP contribution in [-0.2, 0) is 17.6 Å². The van der Waals surface area contributed by atoms with Crippen LogP contribution in [0.5, 0.6) is 0 Å². The zero-order valence-corrected chi connectivity index (χ0v) is 18.7. The van der Waals surface area contributed by atoms with Crippen molar-refractivity contribution in [3.05, 3.63) is 71.6 Å². The van der Waals surface area contributed by atoms with E-state index in [0.29, 0.717) is 35.8 Å². The van der Waals surface area contributed by atoms with Gasteiger partial charge in [0.05, 0.1) is 30.3 Å². The van der Waals surface area contributed by atoms with E-state index >= 15 is 4.39 Å². The van der Waals surface area contributed by atoms with Gasteiger partial charge in [-0.05, 0) is 30.0 Å². The number of halogens is 1. The number of ether oxygens (including phenoxy) is 1. The largest absolute Gasteiger partial charge is 0.378 e. The molecular formula is C26H26FN5O. The summed E-state index contributed by atoms with van der Waals surface area (Å²) in [6, 6.07) is 12.3. The van der Waals surface area contributed by atoms with Crippen LogP contribution in [0.3, 0.4) is 0 Å². The van der Waals surface area contributed by atoms with E-state index in [1.54, 1.807) is 18.5 Å². The van der Waals surface area contributed by atoms with Crippen LogP contribution in [0.25, 0.3) is 22.2 Å². The zero-order chi connectivity index (χ0) is 22.4. The van der Waals surface area contributed by atoms with Gasteiger partial charge >= 0.3 is 0 Å². The van der Waals surface area contributed by atoms with Gasteiger partial charge < -0.3 is 14.2 Å². The van der Waals surface area contributed by atoms with Gasteiger partial charge in [-0.1, -0.05) is 31.2 Å². The third-order valence-electron chi connectivity index (χ3n) is 6.84. The van der Waals surface area contributed by atoms with Crippen LogP contribution in [0.15, 0.2) is 48.8 Å². The first-order valence-corrected chi connectivity index (χ1v) is 11.7. The molecule has 6 nitrogen and oxygen atoms in total. The van der Waals surface area contributed by atoms with E-state index < -0.39 is 0 Å². The molecule has 0 bridgehead atoms. The molecule has 7 heteroatoms. The fourth-order valence-electron chi connectivity index (χ4n) is 5.17. The summed E-state index contributed by atoms with van der Waals surface area (Å²) in [6.45, 7) is 5.06. The molecule has 2 aliphatic rings. The van der Waals surface area contributed by atoms with Crippen LogP contribution in [0.4, 0.5) is 10.3 Å². The van der Waals surface area contributed by atoms with Crippen LogP contribution in [0.1, 0.15) is 36.3 Å². The van der Waals surface area contributed by atoms with Crippen molar-refractivity contribution in [2.75, 3.05) is 31.2 Å². The van der Waals surface area contributed by atoms with E-state index in [1.165, 1.54) is 11.1 Å². The number of morpholine rings is 1. The lowest BCUT2D eigenvalue weighted by molar-refractivity contribution is 0.122. The maximum atomic E-state index is 15.1. The predicted octanol–water partition coefficient (Wildman–Crippen LogP) is 4.57. The van der Waals surface area contributed by atoms with E-state index in [2.05, 4.69) is 50.6 Å². The molecule has 0 radical (unpaired) electrons. The van der Waals surface area contributed by atoms with Crippen molar-refractivity contribution in [3.8, 4) is 11.1 Å². The molecule has 0 N–H and O–H groups in total. The number of hydrogen-bond acceptors (Lipinski definition) is 5. The molecule has 2 aromatic carbocycles. The van der Waals surface area contributed by atoms with Crippen LogP contribution in [0.2, 0.25) is 0 Å². The summed E-state index contributed by atoms with van der Waals surface area (Å²) in [5.74, 6) is 1.38. The highest BCUT2D eigenvalue weighted by Gasteiger charge is 2.29. The van der Waals surface area contributed by atoms with Gasteiger partial charge in [0, 0.05) is 49.1 Å². The second-order valence-electron chi connectivity index (χ2n) is 8.70. The molecule has 2 aliphatic heterocycles. The van der Waals surface area contributed by atoms with E-state index in [0.717, 1.165) is 43.7 Å². The fraction of sp³-hybridized carbons (Fsp3) is 0.346. The second-order valence-corrected chi connectivity index (χ2v) is 8.70. The first kappa shape index (κ1) is 20.3. The minimum absolute atomic E-state index is 0.222. The number of anilines is 1. The Labute approximate surface area is 192 Å². The van der Waals surface area contributed by atoms with Crippen molar-refractivity contribution in [3.63, 3.8) is 0 Å². The summed E-state index contributed by atoms with van der Waals surface area (Å²) >= 11 is 0. The Morgan fingerprint density at radius 2 is 1.88 bits per heavy atom. The molecule has 168 valence electrons. The van der Waals surface area contributed by atoms with Gasteiger partial charge in [0.15, 0.2) is 0 Å². The molecule has 0 aliphatic carbocycles. The molecule has 4 heterocycles. The van der Waals surface area contributed by atoms with Gasteiger partial charge in [0.1, 0.15) is 11.6 Å². The average molecular weight is 444 g/mol. The van der Waals surface area contributed by atoms with Crippen molar-refractivity contribution < 1.29 is 9.13 Å². The maximum Gasteiger partial charge on any atom is 0.225 e. The summed E-state index contributed by atoms with van der Waals surface area (Å²) in [6.07, 6.45) is 6.33. The predicted molar refractivity (Wildman–Crippen MR) is 126 cm³/mol. The first-order chi connectivity index (χ1) is 16.2. The zero-order valence-electron chi connectivity index (χ0n) is 18.7. The van der Waals surface area contributed by atoms with Crippen molar-refractivity contribution in [2.24, 2.45) is 0 Å². The quantitative estimate of drug-likeness (QED) is 0.463. The first-order valence-electron chi connectivity index (χ1n) is 11.7. The van der Waals surface area contributed by atoms with Crippen molar-refractivity contribution >= 4 is 17.0 Å². The molecule has 0 amide bonds. The minimum Gasteiger partial charge on any atom is -0.378 e.